The van der Waals surface area contributed by atoms with E-state index in [1.54, 1.807) is 32.2 Å². The number of hydrogen-bond acceptors (Lipinski definition) is 5. The van der Waals surface area contributed by atoms with E-state index >= 15 is 0 Å². The fourth-order valence-corrected chi connectivity index (χ4v) is 3.46. The Morgan fingerprint density at radius 1 is 1.08 bits per heavy atom. The molecule has 1 saturated heterocycles. The summed E-state index contributed by atoms with van der Waals surface area (Å²) in [5.41, 5.74) is 1.84. The van der Waals surface area contributed by atoms with Crippen LogP contribution in [0.5, 0.6) is 11.5 Å². The third-order valence-electron chi connectivity index (χ3n) is 3.91. The molecule has 0 aliphatic carbocycles. The maximum atomic E-state index is 12.2. The van der Waals surface area contributed by atoms with Crippen molar-refractivity contribution in [3.05, 3.63) is 64.6 Å². The van der Waals surface area contributed by atoms with Gasteiger partial charge in [0.05, 0.1) is 12.0 Å². The second-order valence-electron chi connectivity index (χ2n) is 5.61. The minimum Gasteiger partial charge on any atom is -0.493 e. The first-order valence-electron chi connectivity index (χ1n) is 8.22. The lowest BCUT2D eigenvalue weighted by atomic mass is 10.1. The Kier molecular flexibility index (Phi) is 5.63. The lowest BCUT2D eigenvalue weighted by Crippen LogP contribution is -2.27. The Hall–Kier alpha value is -2.73. The average Bonchev–Trinajstić information content (AvgIpc) is 2.94. The molecule has 0 N–H and O–H groups in total. The molecule has 0 aromatic heterocycles. The monoisotopic (exact) mass is 369 g/mol. The summed E-state index contributed by atoms with van der Waals surface area (Å²) in [6.45, 7) is 2.59. The predicted molar refractivity (Wildman–Crippen MR) is 102 cm³/mol. The number of methoxy groups -OCH3 is 1. The van der Waals surface area contributed by atoms with E-state index < -0.39 is 0 Å². The van der Waals surface area contributed by atoms with Crippen LogP contribution in [-0.4, -0.2) is 29.7 Å². The summed E-state index contributed by atoms with van der Waals surface area (Å²) in [6, 6.07) is 15.3. The number of ether oxygens (including phenoxy) is 2. The first-order chi connectivity index (χ1) is 12.6. The molecular formula is C20H19NO4S. The van der Waals surface area contributed by atoms with E-state index in [9.17, 15) is 9.59 Å². The van der Waals surface area contributed by atoms with Crippen LogP contribution >= 0.6 is 11.8 Å². The van der Waals surface area contributed by atoms with Gasteiger partial charge in [-0.1, -0.05) is 36.4 Å². The molecule has 0 saturated carbocycles. The summed E-state index contributed by atoms with van der Waals surface area (Å²) in [4.78, 5) is 25.6. The summed E-state index contributed by atoms with van der Waals surface area (Å²) in [7, 11) is 1.57. The van der Waals surface area contributed by atoms with Gasteiger partial charge in [-0.3, -0.25) is 14.5 Å². The van der Waals surface area contributed by atoms with Gasteiger partial charge in [-0.2, -0.15) is 0 Å². The van der Waals surface area contributed by atoms with E-state index in [4.69, 9.17) is 9.47 Å². The Morgan fingerprint density at radius 3 is 2.50 bits per heavy atom. The molecule has 0 spiro atoms. The zero-order valence-corrected chi connectivity index (χ0v) is 15.4. The number of amides is 2. The van der Waals surface area contributed by atoms with Crippen molar-refractivity contribution in [2.24, 2.45) is 0 Å². The third-order valence-corrected chi connectivity index (χ3v) is 4.82. The molecule has 26 heavy (non-hydrogen) atoms. The highest BCUT2D eigenvalue weighted by Gasteiger charge is 2.33. The quantitative estimate of drug-likeness (QED) is 0.710. The molecule has 1 fully saturated rings. The van der Waals surface area contributed by atoms with E-state index in [1.165, 1.54) is 4.90 Å². The maximum absolute atomic E-state index is 12.2. The Balaban J connectivity index is 1.77. The van der Waals surface area contributed by atoms with Gasteiger partial charge in [0.1, 0.15) is 6.61 Å². The second kappa shape index (κ2) is 8.10. The van der Waals surface area contributed by atoms with Gasteiger partial charge in [0.25, 0.3) is 11.1 Å². The molecule has 0 bridgehead atoms. The molecule has 0 unspecified atom stereocenters. The minimum absolute atomic E-state index is 0.237. The summed E-state index contributed by atoms with van der Waals surface area (Å²) in [5.74, 6) is 0.936. The lowest BCUT2D eigenvalue weighted by molar-refractivity contribution is -0.122. The van der Waals surface area contributed by atoms with Crippen LogP contribution in [0.4, 0.5) is 4.79 Å². The van der Waals surface area contributed by atoms with Crippen LogP contribution < -0.4 is 9.47 Å². The molecule has 2 aromatic carbocycles. The van der Waals surface area contributed by atoms with Crippen molar-refractivity contribution in [1.29, 1.82) is 0 Å². The van der Waals surface area contributed by atoms with Crippen molar-refractivity contribution in [1.82, 2.24) is 4.90 Å². The van der Waals surface area contributed by atoms with Crippen LogP contribution in [0.15, 0.2) is 53.4 Å². The van der Waals surface area contributed by atoms with Crippen molar-refractivity contribution >= 4 is 29.0 Å². The van der Waals surface area contributed by atoms with Gasteiger partial charge >= 0.3 is 0 Å². The molecule has 1 heterocycles. The van der Waals surface area contributed by atoms with Crippen molar-refractivity contribution in [3.63, 3.8) is 0 Å². The first-order valence-corrected chi connectivity index (χ1v) is 9.04. The summed E-state index contributed by atoms with van der Waals surface area (Å²) in [5, 5.41) is -0.237. The highest BCUT2D eigenvalue weighted by atomic mass is 32.2. The number of hydrogen-bond donors (Lipinski definition) is 0. The fourth-order valence-electron chi connectivity index (χ4n) is 2.55. The van der Waals surface area contributed by atoms with Crippen molar-refractivity contribution in [2.45, 2.75) is 13.5 Å². The smallest absolute Gasteiger partial charge is 0.293 e. The number of likely N-dealkylation sites (N-methyl/N-ethyl adjacent to an activating group) is 1. The van der Waals surface area contributed by atoms with Gasteiger partial charge in [-0.15, -0.1) is 0 Å². The summed E-state index contributed by atoms with van der Waals surface area (Å²) >= 11 is 0.953. The second-order valence-corrected chi connectivity index (χ2v) is 6.60. The van der Waals surface area contributed by atoms with Crippen LogP contribution in [0.3, 0.4) is 0 Å². The Bertz CT molecular complexity index is 848. The molecule has 1 aliphatic heterocycles. The standard InChI is InChI=1S/C20H19NO4S/c1-3-21-19(22)18(26-20(21)23)12-15-9-10-16(17(11-15)24-2)25-13-14-7-5-4-6-8-14/h4-12H,3,13H2,1-2H3. The first kappa shape index (κ1) is 18.1. The van der Waals surface area contributed by atoms with Gasteiger partial charge in [-0.25, -0.2) is 0 Å². The number of nitrogens with zero attached hydrogens (tertiary/aromatic N) is 1. The molecule has 5 nitrogen and oxygen atoms in total. The zero-order chi connectivity index (χ0) is 18.5. The SMILES string of the molecule is CCN1C(=O)SC(=Cc2ccc(OCc3ccccc3)c(OC)c2)C1=O. The van der Waals surface area contributed by atoms with Crippen LogP contribution in [0.1, 0.15) is 18.1 Å². The molecular weight excluding hydrogens is 350 g/mol. The molecule has 1 aliphatic rings. The number of carbonyl (C=O) groups excluding carboxylic acids is 2. The molecule has 3 rings (SSSR count). The average molecular weight is 369 g/mol. The topological polar surface area (TPSA) is 55.8 Å². The van der Waals surface area contributed by atoms with E-state index in [1.807, 2.05) is 36.4 Å². The van der Waals surface area contributed by atoms with Crippen molar-refractivity contribution in [2.75, 3.05) is 13.7 Å². The van der Waals surface area contributed by atoms with E-state index in [-0.39, 0.29) is 11.1 Å². The number of rotatable bonds is 6. The van der Waals surface area contributed by atoms with Gasteiger partial charge in [-0.05, 0) is 48.0 Å². The molecule has 0 radical (unpaired) electrons. The van der Waals surface area contributed by atoms with Gasteiger partial charge < -0.3 is 9.47 Å². The van der Waals surface area contributed by atoms with Crippen molar-refractivity contribution < 1.29 is 19.1 Å². The van der Waals surface area contributed by atoms with Crippen molar-refractivity contribution in [3.8, 4) is 11.5 Å². The molecule has 0 atom stereocenters. The van der Waals surface area contributed by atoms with E-state index in [2.05, 4.69) is 0 Å². The summed E-state index contributed by atoms with van der Waals surface area (Å²) in [6.07, 6.45) is 1.70. The van der Waals surface area contributed by atoms with Gasteiger partial charge in [0.15, 0.2) is 11.5 Å². The molecule has 2 amide bonds. The lowest BCUT2D eigenvalue weighted by Gasteiger charge is -2.11. The Labute approximate surface area is 156 Å². The number of carbonyl (C=O) groups is 2. The molecule has 6 heteroatoms. The number of benzene rings is 2. The molecule has 2 aromatic rings. The van der Waals surface area contributed by atoms with Crippen LogP contribution in [0.2, 0.25) is 0 Å². The third kappa shape index (κ3) is 3.91. The van der Waals surface area contributed by atoms with Crippen LogP contribution in [0.25, 0.3) is 6.08 Å². The Morgan fingerprint density at radius 2 is 1.85 bits per heavy atom. The van der Waals surface area contributed by atoms with Gasteiger partial charge in [0.2, 0.25) is 0 Å². The zero-order valence-electron chi connectivity index (χ0n) is 14.6. The van der Waals surface area contributed by atoms with E-state index in [0.29, 0.717) is 29.6 Å². The summed E-state index contributed by atoms with van der Waals surface area (Å²) < 4.78 is 11.2. The highest BCUT2D eigenvalue weighted by Crippen LogP contribution is 2.34. The minimum atomic E-state index is -0.258. The molecule has 134 valence electrons. The largest absolute Gasteiger partial charge is 0.493 e. The number of imide groups is 1. The maximum Gasteiger partial charge on any atom is 0.293 e. The predicted octanol–water partition coefficient (Wildman–Crippen LogP) is 4.33. The van der Waals surface area contributed by atoms with E-state index in [0.717, 1.165) is 22.9 Å². The fraction of sp³-hybridized carbons (Fsp3) is 0.200. The highest BCUT2D eigenvalue weighted by molar-refractivity contribution is 8.18. The van der Waals surface area contributed by atoms with Crippen LogP contribution in [-0.2, 0) is 11.4 Å². The van der Waals surface area contributed by atoms with Gasteiger partial charge in [0, 0.05) is 6.54 Å². The number of thioether (sulfide) groups is 1. The van der Waals surface area contributed by atoms with Crippen LogP contribution in [0, 0.1) is 0 Å². The normalized spacial score (nSPS) is 15.6.